The zero-order chi connectivity index (χ0) is 16.8. The maximum Gasteiger partial charge on any atom is 0.151 e. The third-order valence-corrected chi connectivity index (χ3v) is 4.13. The summed E-state index contributed by atoms with van der Waals surface area (Å²) in [6.45, 7) is 9.11. The number of anilines is 1. The molecule has 7 nitrogen and oxygen atoms in total. The molecule has 1 aliphatic heterocycles. The van der Waals surface area contributed by atoms with E-state index < -0.39 is 0 Å². The van der Waals surface area contributed by atoms with Crippen LogP contribution in [-0.4, -0.2) is 64.0 Å². The third kappa shape index (κ3) is 4.46. The van der Waals surface area contributed by atoms with Gasteiger partial charge in [0, 0.05) is 51.3 Å². The summed E-state index contributed by atoms with van der Waals surface area (Å²) in [7, 11) is 0. The fourth-order valence-electron chi connectivity index (χ4n) is 2.86. The van der Waals surface area contributed by atoms with Crippen molar-refractivity contribution in [2.45, 2.75) is 26.5 Å². The molecule has 7 heteroatoms. The molecule has 0 radical (unpaired) electrons. The molecule has 0 bridgehead atoms. The SMILES string of the molecule is CCN(CC1CN(Cc2cnc(C)cn2)CCO1)c1cccnn1. The molecule has 128 valence electrons. The van der Waals surface area contributed by atoms with E-state index in [-0.39, 0.29) is 6.10 Å². The quantitative estimate of drug-likeness (QED) is 0.792. The Bertz CT molecular complexity index is 621. The minimum absolute atomic E-state index is 0.152. The molecule has 0 N–H and O–H groups in total. The first-order valence-corrected chi connectivity index (χ1v) is 8.38. The van der Waals surface area contributed by atoms with Crippen LogP contribution in [0, 0.1) is 6.92 Å². The first-order chi connectivity index (χ1) is 11.7. The molecule has 1 atom stereocenters. The Kier molecular flexibility index (Phi) is 5.66. The molecule has 0 aromatic carbocycles. The molecular weight excluding hydrogens is 304 g/mol. The first kappa shape index (κ1) is 16.7. The second-order valence-electron chi connectivity index (χ2n) is 6.00. The highest BCUT2D eigenvalue weighted by molar-refractivity contribution is 5.36. The molecule has 0 spiro atoms. The highest BCUT2D eigenvalue weighted by Gasteiger charge is 2.23. The standard InChI is InChI=1S/C17H24N6O/c1-3-23(17-5-4-6-20-21-17)13-16-12-22(7-8-24-16)11-15-10-18-14(2)9-19-15/h4-6,9-10,16H,3,7-8,11-13H2,1-2H3. The molecule has 2 aromatic rings. The number of hydrogen-bond acceptors (Lipinski definition) is 7. The zero-order valence-corrected chi connectivity index (χ0v) is 14.3. The molecule has 0 saturated carbocycles. The Morgan fingerprint density at radius 3 is 2.96 bits per heavy atom. The summed E-state index contributed by atoms with van der Waals surface area (Å²) in [5.74, 6) is 0.894. The van der Waals surface area contributed by atoms with Crippen LogP contribution in [0.4, 0.5) is 5.82 Å². The monoisotopic (exact) mass is 328 g/mol. The van der Waals surface area contributed by atoms with Gasteiger partial charge in [0.2, 0.25) is 0 Å². The van der Waals surface area contributed by atoms with Gasteiger partial charge in [-0.15, -0.1) is 5.10 Å². The Balaban J connectivity index is 1.57. The summed E-state index contributed by atoms with van der Waals surface area (Å²) in [5.41, 5.74) is 1.95. The van der Waals surface area contributed by atoms with Crippen LogP contribution in [0.15, 0.2) is 30.7 Å². The van der Waals surface area contributed by atoms with Gasteiger partial charge in [0.15, 0.2) is 5.82 Å². The number of aryl methyl sites for hydroxylation is 1. The Hall–Kier alpha value is -2.12. The third-order valence-electron chi connectivity index (χ3n) is 4.13. The molecule has 24 heavy (non-hydrogen) atoms. The van der Waals surface area contributed by atoms with Gasteiger partial charge < -0.3 is 9.64 Å². The van der Waals surface area contributed by atoms with Crippen LogP contribution in [0.5, 0.6) is 0 Å². The molecule has 3 rings (SSSR count). The summed E-state index contributed by atoms with van der Waals surface area (Å²) in [6.07, 6.45) is 5.52. The first-order valence-electron chi connectivity index (χ1n) is 8.38. The molecule has 1 aliphatic rings. The molecule has 1 unspecified atom stereocenters. The van der Waals surface area contributed by atoms with Crippen LogP contribution in [0.3, 0.4) is 0 Å². The topological polar surface area (TPSA) is 67.3 Å². The van der Waals surface area contributed by atoms with Crippen molar-refractivity contribution in [2.75, 3.05) is 37.7 Å². The normalized spacial score (nSPS) is 18.5. The lowest BCUT2D eigenvalue weighted by atomic mass is 10.2. The summed E-state index contributed by atoms with van der Waals surface area (Å²) < 4.78 is 5.95. The lowest BCUT2D eigenvalue weighted by Gasteiger charge is -2.35. The second kappa shape index (κ2) is 8.12. The maximum absolute atomic E-state index is 5.95. The highest BCUT2D eigenvalue weighted by Crippen LogP contribution is 2.14. The van der Waals surface area contributed by atoms with Crippen LogP contribution in [0.2, 0.25) is 0 Å². The van der Waals surface area contributed by atoms with Gasteiger partial charge in [0.05, 0.1) is 24.1 Å². The van der Waals surface area contributed by atoms with Crippen LogP contribution in [0.1, 0.15) is 18.3 Å². The van der Waals surface area contributed by atoms with E-state index in [1.165, 1.54) is 0 Å². The molecule has 0 aliphatic carbocycles. The average Bonchev–Trinajstić information content (AvgIpc) is 2.63. The number of aromatic nitrogens is 4. The lowest BCUT2D eigenvalue weighted by molar-refractivity contribution is -0.0272. The van der Waals surface area contributed by atoms with Gasteiger partial charge in [0.1, 0.15) is 0 Å². The molecule has 1 saturated heterocycles. The Morgan fingerprint density at radius 1 is 1.33 bits per heavy atom. The smallest absolute Gasteiger partial charge is 0.151 e. The van der Waals surface area contributed by atoms with E-state index in [1.54, 1.807) is 6.20 Å². The fourth-order valence-corrected chi connectivity index (χ4v) is 2.86. The summed E-state index contributed by atoms with van der Waals surface area (Å²) >= 11 is 0. The minimum atomic E-state index is 0.152. The predicted octanol–water partition coefficient (Wildman–Crippen LogP) is 1.30. The van der Waals surface area contributed by atoms with Crippen LogP contribution < -0.4 is 4.90 Å². The Morgan fingerprint density at radius 2 is 2.25 bits per heavy atom. The number of morpholine rings is 1. The number of nitrogens with zero attached hydrogens (tertiary/aromatic N) is 6. The van der Waals surface area contributed by atoms with Gasteiger partial charge in [-0.2, -0.15) is 5.10 Å². The summed E-state index contributed by atoms with van der Waals surface area (Å²) in [4.78, 5) is 13.3. The van der Waals surface area contributed by atoms with Gasteiger partial charge in [-0.05, 0) is 26.0 Å². The van der Waals surface area contributed by atoms with Crippen LogP contribution in [-0.2, 0) is 11.3 Å². The number of likely N-dealkylation sites (N-methyl/N-ethyl adjacent to an activating group) is 1. The van der Waals surface area contributed by atoms with E-state index in [1.807, 2.05) is 31.5 Å². The zero-order valence-electron chi connectivity index (χ0n) is 14.3. The second-order valence-corrected chi connectivity index (χ2v) is 6.00. The van der Waals surface area contributed by atoms with Crippen LogP contribution >= 0.6 is 0 Å². The van der Waals surface area contributed by atoms with Crippen molar-refractivity contribution in [2.24, 2.45) is 0 Å². The largest absolute Gasteiger partial charge is 0.374 e. The molecule has 2 aromatic heterocycles. The van der Waals surface area contributed by atoms with E-state index in [4.69, 9.17) is 4.74 Å². The molecular formula is C17H24N6O. The van der Waals surface area contributed by atoms with Crippen molar-refractivity contribution in [3.05, 3.63) is 42.1 Å². The van der Waals surface area contributed by atoms with Gasteiger partial charge in [-0.3, -0.25) is 14.9 Å². The van der Waals surface area contributed by atoms with Crippen molar-refractivity contribution < 1.29 is 4.74 Å². The molecule has 3 heterocycles. The predicted molar refractivity (Wildman–Crippen MR) is 91.7 cm³/mol. The van der Waals surface area contributed by atoms with Crippen molar-refractivity contribution >= 4 is 5.82 Å². The summed E-state index contributed by atoms with van der Waals surface area (Å²) in [5, 5.41) is 8.17. The van der Waals surface area contributed by atoms with E-state index in [2.05, 4.69) is 36.9 Å². The van der Waals surface area contributed by atoms with Gasteiger partial charge in [-0.25, -0.2) is 0 Å². The number of hydrogen-bond donors (Lipinski definition) is 0. The van der Waals surface area contributed by atoms with E-state index in [0.29, 0.717) is 0 Å². The highest BCUT2D eigenvalue weighted by atomic mass is 16.5. The van der Waals surface area contributed by atoms with Gasteiger partial charge >= 0.3 is 0 Å². The number of ether oxygens (including phenoxy) is 1. The average molecular weight is 328 g/mol. The van der Waals surface area contributed by atoms with E-state index in [9.17, 15) is 0 Å². The minimum Gasteiger partial charge on any atom is -0.374 e. The van der Waals surface area contributed by atoms with Gasteiger partial charge in [0.25, 0.3) is 0 Å². The van der Waals surface area contributed by atoms with Crippen molar-refractivity contribution in [1.29, 1.82) is 0 Å². The van der Waals surface area contributed by atoms with Gasteiger partial charge in [-0.1, -0.05) is 0 Å². The molecule has 0 amide bonds. The van der Waals surface area contributed by atoms with Crippen molar-refractivity contribution in [3.63, 3.8) is 0 Å². The van der Waals surface area contributed by atoms with Crippen molar-refractivity contribution in [3.8, 4) is 0 Å². The van der Waals surface area contributed by atoms with Crippen molar-refractivity contribution in [1.82, 2.24) is 25.1 Å². The van der Waals surface area contributed by atoms with E-state index >= 15 is 0 Å². The Labute approximate surface area is 142 Å². The maximum atomic E-state index is 5.95. The molecule has 1 fully saturated rings. The van der Waals surface area contributed by atoms with E-state index in [0.717, 1.165) is 56.5 Å². The fraction of sp³-hybridized carbons (Fsp3) is 0.529. The summed E-state index contributed by atoms with van der Waals surface area (Å²) in [6, 6.07) is 3.90. The number of rotatable bonds is 6. The lowest BCUT2D eigenvalue weighted by Crippen LogP contribution is -2.47. The van der Waals surface area contributed by atoms with Crippen LogP contribution in [0.25, 0.3) is 0 Å².